The van der Waals surface area contributed by atoms with Crippen LogP contribution in [0.4, 0.5) is 4.79 Å². The Morgan fingerprint density at radius 3 is 2.75 bits per heavy atom. The molecular formula is C16H22N2O2. The fourth-order valence-electron chi connectivity index (χ4n) is 2.28. The van der Waals surface area contributed by atoms with E-state index in [0.29, 0.717) is 6.54 Å². The third kappa shape index (κ3) is 3.59. The van der Waals surface area contributed by atoms with E-state index >= 15 is 0 Å². The van der Waals surface area contributed by atoms with Crippen molar-refractivity contribution in [1.82, 2.24) is 9.88 Å². The second-order valence-electron chi connectivity index (χ2n) is 6.10. The minimum atomic E-state index is -0.454. The van der Waals surface area contributed by atoms with Crippen molar-refractivity contribution in [3.05, 3.63) is 36.2 Å². The van der Waals surface area contributed by atoms with Gasteiger partial charge in [-0.15, -0.1) is 0 Å². The van der Waals surface area contributed by atoms with Crippen molar-refractivity contribution in [3.8, 4) is 0 Å². The van der Waals surface area contributed by atoms with Crippen LogP contribution in [0.2, 0.25) is 0 Å². The van der Waals surface area contributed by atoms with Crippen molar-refractivity contribution >= 4 is 11.7 Å². The minimum absolute atomic E-state index is 0.0359. The number of hydrogen-bond donors (Lipinski definition) is 0. The van der Waals surface area contributed by atoms with E-state index in [2.05, 4.69) is 17.1 Å². The van der Waals surface area contributed by atoms with Gasteiger partial charge in [-0.25, -0.2) is 4.79 Å². The summed E-state index contributed by atoms with van der Waals surface area (Å²) in [6, 6.07) is 4.02. The van der Waals surface area contributed by atoms with Crippen molar-refractivity contribution in [2.45, 2.75) is 45.8 Å². The van der Waals surface area contributed by atoms with Gasteiger partial charge in [0.2, 0.25) is 0 Å². The summed E-state index contributed by atoms with van der Waals surface area (Å²) in [5, 5.41) is 0. The summed E-state index contributed by atoms with van der Waals surface area (Å²) in [7, 11) is 0. The van der Waals surface area contributed by atoms with Crippen molar-refractivity contribution in [3.63, 3.8) is 0 Å². The predicted molar refractivity (Wildman–Crippen MR) is 79.2 cm³/mol. The van der Waals surface area contributed by atoms with Crippen LogP contribution in [-0.4, -0.2) is 34.2 Å². The van der Waals surface area contributed by atoms with E-state index in [4.69, 9.17) is 4.74 Å². The minimum Gasteiger partial charge on any atom is -0.444 e. The first-order valence-electron chi connectivity index (χ1n) is 6.97. The standard InChI is InChI=1S/C16H22N2O2/c1-12-10-13(14-6-5-8-17-11-14)7-9-18(12)15(19)20-16(2,3)4/h5-6,8,10-12H,7,9H2,1-4H3. The van der Waals surface area contributed by atoms with Crippen LogP contribution in [-0.2, 0) is 4.74 Å². The maximum Gasteiger partial charge on any atom is 0.410 e. The zero-order chi connectivity index (χ0) is 14.8. The normalized spacial score (nSPS) is 19.5. The summed E-state index contributed by atoms with van der Waals surface area (Å²) in [6.07, 6.45) is 6.33. The van der Waals surface area contributed by atoms with Gasteiger partial charge in [0.05, 0.1) is 6.04 Å². The molecule has 1 aliphatic heterocycles. The van der Waals surface area contributed by atoms with Crippen molar-refractivity contribution in [1.29, 1.82) is 0 Å². The number of rotatable bonds is 1. The number of aromatic nitrogens is 1. The summed E-state index contributed by atoms with van der Waals surface area (Å²) < 4.78 is 5.43. The van der Waals surface area contributed by atoms with Crippen LogP contribution in [0.1, 0.15) is 39.7 Å². The maximum absolute atomic E-state index is 12.1. The molecule has 4 heteroatoms. The molecule has 108 valence electrons. The lowest BCUT2D eigenvalue weighted by molar-refractivity contribution is 0.0209. The molecule has 0 saturated heterocycles. The molecule has 1 aromatic rings. The fourth-order valence-corrected chi connectivity index (χ4v) is 2.28. The molecule has 1 aromatic heterocycles. The van der Waals surface area contributed by atoms with Gasteiger partial charge in [0.15, 0.2) is 0 Å². The highest BCUT2D eigenvalue weighted by atomic mass is 16.6. The number of pyridine rings is 1. The molecule has 0 aromatic carbocycles. The number of amides is 1. The Bertz CT molecular complexity index is 503. The highest BCUT2D eigenvalue weighted by Crippen LogP contribution is 2.25. The second kappa shape index (κ2) is 5.65. The summed E-state index contributed by atoms with van der Waals surface area (Å²) >= 11 is 0. The lowest BCUT2D eigenvalue weighted by Gasteiger charge is -2.34. The van der Waals surface area contributed by atoms with E-state index in [9.17, 15) is 4.79 Å². The lowest BCUT2D eigenvalue weighted by atomic mass is 9.98. The number of ether oxygens (including phenoxy) is 1. The molecule has 1 aliphatic rings. The summed E-state index contributed by atoms with van der Waals surface area (Å²) in [5.41, 5.74) is 1.91. The lowest BCUT2D eigenvalue weighted by Crippen LogP contribution is -2.43. The maximum atomic E-state index is 12.1. The molecular weight excluding hydrogens is 252 g/mol. The average molecular weight is 274 g/mol. The zero-order valence-electron chi connectivity index (χ0n) is 12.6. The number of hydrogen-bond acceptors (Lipinski definition) is 3. The van der Waals surface area contributed by atoms with Crippen LogP contribution < -0.4 is 0 Å². The molecule has 0 N–H and O–H groups in total. The highest BCUT2D eigenvalue weighted by Gasteiger charge is 2.27. The number of carbonyl (C=O) groups excluding carboxylic acids is 1. The van der Waals surface area contributed by atoms with Crippen LogP contribution in [0, 0.1) is 0 Å². The Morgan fingerprint density at radius 2 is 2.20 bits per heavy atom. The van der Waals surface area contributed by atoms with Crippen molar-refractivity contribution in [2.75, 3.05) is 6.54 Å². The first-order valence-corrected chi connectivity index (χ1v) is 6.97. The summed E-state index contributed by atoms with van der Waals surface area (Å²) in [5.74, 6) is 0. The molecule has 0 radical (unpaired) electrons. The molecule has 20 heavy (non-hydrogen) atoms. The molecule has 0 spiro atoms. The van der Waals surface area contributed by atoms with Gasteiger partial charge in [-0.1, -0.05) is 12.1 Å². The third-order valence-electron chi connectivity index (χ3n) is 3.22. The summed E-state index contributed by atoms with van der Waals surface area (Å²) in [4.78, 5) is 18.0. The molecule has 1 amide bonds. The Morgan fingerprint density at radius 1 is 1.45 bits per heavy atom. The number of nitrogens with zero attached hydrogens (tertiary/aromatic N) is 2. The molecule has 0 saturated carbocycles. The molecule has 0 aliphatic carbocycles. The Balaban J connectivity index is 2.09. The van der Waals surface area contributed by atoms with E-state index in [0.717, 1.165) is 12.0 Å². The van der Waals surface area contributed by atoms with Gasteiger partial charge in [0, 0.05) is 18.9 Å². The predicted octanol–water partition coefficient (Wildman–Crippen LogP) is 3.49. The number of carbonyl (C=O) groups is 1. The Labute approximate surface area is 120 Å². The van der Waals surface area contributed by atoms with Gasteiger partial charge in [-0.2, -0.15) is 0 Å². The van der Waals surface area contributed by atoms with E-state index in [-0.39, 0.29) is 12.1 Å². The summed E-state index contributed by atoms with van der Waals surface area (Å²) in [6.45, 7) is 8.35. The highest BCUT2D eigenvalue weighted by molar-refractivity contribution is 5.73. The molecule has 4 nitrogen and oxygen atoms in total. The van der Waals surface area contributed by atoms with Gasteiger partial charge < -0.3 is 9.64 Å². The van der Waals surface area contributed by atoms with E-state index in [1.165, 1.54) is 5.57 Å². The largest absolute Gasteiger partial charge is 0.444 e. The third-order valence-corrected chi connectivity index (χ3v) is 3.22. The molecule has 2 rings (SSSR count). The molecule has 1 atom stereocenters. The monoisotopic (exact) mass is 274 g/mol. The van der Waals surface area contributed by atoms with Crippen LogP contribution in [0.3, 0.4) is 0 Å². The van der Waals surface area contributed by atoms with Crippen molar-refractivity contribution < 1.29 is 9.53 Å². The van der Waals surface area contributed by atoms with Crippen LogP contribution in [0.5, 0.6) is 0 Å². The quantitative estimate of drug-likeness (QED) is 0.787. The molecule has 0 bridgehead atoms. The fraction of sp³-hybridized carbons (Fsp3) is 0.500. The first-order chi connectivity index (χ1) is 9.37. The van der Waals surface area contributed by atoms with E-state index in [1.54, 1.807) is 11.1 Å². The van der Waals surface area contributed by atoms with Gasteiger partial charge in [0.25, 0.3) is 0 Å². The second-order valence-corrected chi connectivity index (χ2v) is 6.10. The molecule has 0 fully saturated rings. The smallest absolute Gasteiger partial charge is 0.410 e. The molecule has 2 heterocycles. The van der Waals surface area contributed by atoms with Gasteiger partial charge in [0.1, 0.15) is 5.60 Å². The zero-order valence-corrected chi connectivity index (χ0v) is 12.6. The van der Waals surface area contributed by atoms with E-state index in [1.807, 2.05) is 40.0 Å². The topological polar surface area (TPSA) is 42.4 Å². The first kappa shape index (κ1) is 14.6. The van der Waals surface area contributed by atoms with Crippen LogP contribution >= 0.6 is 0 Å². The Hall–Kier alpha value is -1.84. The van der Waals surface area contributed by atoms with Crippen molar-refractivity contribution in [2.24, 2.45) is 0 Å². The van der Waals surface area contributed by atoms with Gasteiger partial charge in [-0.05, 0) is 51.3 Å². The van der Waals surface area contributed by atoms with Gasteiger partial charge in [-0.3, -0.25) is 4.98 Å². The van der Waals surface area contributed by atoms with Crippen LogP contribution in [0.15, 0.2) is 30.6 Å². The SMILES string of the molecule is CC1C=C(c2cccnc2)CCN1C(=O)OC(C)(C)C. The van der Waals surface area contributed by atoms with Crippen LogP contribution in [0.25, 0.3) is 5.57 Å². The molecule has 1 unspecified atom stereocenters. The van der Waals surface area contributed by atoms with Gasteiger partial charge >= 0.3 is 6.09 Å². The average Bonchev–Trinajstić information content (AvgIpc) is 2.37. The van der Waals surface area contributed by atoms with E-state index < -0.39 is 5.60 Å². The Kier molecular flexibility index (Phi) is 4.12.